The number of hydrogen-bond donors (Lipinski definition) is 2. The van der Waals surface area contributed by atoms with Gasteiger partial charge in [-0.1, -0.05) is 19.8 Å². The highest BCUT2D eigenvalue weighted by molar-refractivity contribution is 7.17. The Kier molecular flexibility index (Phi) is 5.08. The highest BCUT2D eigenvalue weighted by Gasteiger charge is 2.18. The van der Waals surface area contributed by atoms with E-state index in [-0.39, 0.29) is 18.0 Å². The number of H-pyrrole nitrogens is 1. The number of nitrogens with zero attached hydrogens (tertiary/aromatic N) is 2. The summed E-state index contributed by atoms with van der Waals surface area (Å²) in [5.41, 5.74) is 6.38. The van der Waals surface area contributed by atoms with Crippen LogP contribution < -0.4 is 11.3 Å². The Morgan fingerprint density at radius 2 is 2.33 bits per heavy atom. The minimum atomic E-state index is -0.494. The van der Waals surface area contributed by atoms with Crippen molar-refractivity contribution in [3.05, 3.63) is 27.6 Å². The van der Waals surface area contributed by atoms with Crippen molar-refractivity contribution in [3.63, 3.8) is 0 Å². The van der Waals surface area contributed by atoms with Gasteiger partial charge in [-0.15, -0.1) is 11.3 Å². The molecular formula is C14H20N4O2S. The monoisotopic (exact) mass is 308 g/mol. The first kappa shape index (κ1) is 15.7. The average Bonchev–Trinajstić information content (AvgIpc) is 2.92. The largest absolute Gasteiger partial charge is 0.337 e. The van der Waals surface area contributed by atoms with Crippen LogP contribution in [0.15, 0.2) is 16.2 Å². The summed E-state index contributed by atoms with van der Waals surface area (Å²) in [6.45, 7) is 2.31. The number of nitrogens with two attached hydrogens (primary N) is 1. The van der Waals surface area contributed by atoms with Gasteiger partial charge in [0.2, 0.25) is 5.91 Å². The van der Waals surface area contributed by atoms with E-state index < -0.39 is 6.04 Å². The van der Waals surface area contributed by atoms with Gasteiger partial charge in [0.1, 0.15) is 10.5 Å². The van der Waals surface area contributed by atoms with E-state index in [9.17, 15) is 9.59 Å². The van der Waals surface area contributed by atoms with E-state index in [2.05, 4.69) is 16.9 Å². The number of aromatic amines is 1. The van der Waals surface area contributed by atoms with Crippen LogP contribution in [-0.2, 0) is 11.3 Å². The summed E-state index contributed by atoms with van der Waals surface area (Å²) < 4.78 is 0.604. The van der Waals surface area contributed by atoms with Gasteiger partial charge in [-0.25, -0.2) is 4.98 Å². The predicted molar refractivity (Wildman–Crippen MR) is 84.2 cm³/mol. The molecule has 1 unspecified atom stereocenters. The van der Waals surface area contributed by atoms with Gasteiger partial charge in [0, 0.05) is 7.05 Å². The summed E-state index contributed by atoms with van der Waals surface area (Å²) in [5, 5.41) is 1.83. The zero-order valence-corrected chi connectivity index (χ0v) is 13.1. The third kappa shape index (κ3) is 3.68. The standard InChI is InChI=1S/C14H20N4O2S/c1-3-4-5-9(15)14(20)18(2)8-11-16-10-6-7-21-12(10)13(19)17-11/h6-7,9H,3-5,8,15H2,1-2H3,(H,16,17,19). The molecular weight excluding hydrogens is 288 g/mol. The van der Waals surface area contributed by atoms with Crippen LogP contribution in [0.1, 0.15) is 32.0 Å². The molecule has 0 saturated carbocycles. The molecule has 2 heterocycles. The Morgan fingerprint density at radius 1 is 1.57 bits per heavy atom. The van der Waals surface area contributed by atoms with E-state index in [0.29, 0.717) is 22.5 Å². The van der Waals surface area contributed by atoms with Gasteiger partial charge in [-0.2, -0.15) is 0 Å². The Bertz CT molecular complexity index is 679. The summed E-state index contributed by atoms with van der Waals surface area (Å²) in [5.74, 6) is 0.348. The molecule has 0 aliphatic rings. The van der Waals surface area contributed by atoms with Crippen molar-refractivity contribution in [2.45, 2.75) is 38.8 Å². The lowest BCUT2D eigenvalue weighted by Gasteiger charge is -2.20. The molecule has 0 radical (unpaired) electrons. The molecule has 0 saturated heterocycles. The van der Waals surface area contributed by atoms with E-state index in [1.54, 1.807) is 13.1 Å². The molecule has 2 rings (SSSR count). The lowest BCUT2D eigenvalue weighted by molar-refractivity contribution is -0.132. The Hall–Kier alpha value is -1.73. The number of nitrogens with one attached hydrogen (secondary N) is 1. The maximum Gasteiger partial charge on any atom is 0.268 e. The fourth-order valence-electron chi connectivity index (χ4n) is 2.13. The molecule has 2 aromatic rings. The van der Waals surface area contributed by atoms with Crippen LogP contribution in [-0.4, -0.2) is 33.9 Å². The molecule has 0 spiro atoms. The molecule has 114 valence electrons. The summed E-state index contributed by atoms with van der Waals surface area (Å²) in [6.07, 6.45) is 2.61. The molecule has 21 heavy (non-hydrogen) atoms. The number of rotatable bonds is 6. The maximum absolute atomic E-state index is 12.1. The molecule has 6 nitrogen and oxygen atoms in total. The maximum atomic E-state index is 12.1. The number of amides is 1. The number of thiophene rings is 1. The lowest BCUT2D eigenvalue weighted by Crippen LogP contribution is -2.41. The zero-order chi connectivity index (χ0) is 15.4. The second kappa shape index (κ2) is 6.82. The number of hydrogen-bond acceptors (Lipinski definition) is 5. The van der Waals surface area contributed by atoms with Crippen molar-refractivity contribution in [1.82, 2.24) is 14.9 Å². The summed E-state index contributed by atoms with van der Waals surface area (Å²) >= 11 is 1.36. The van der Waals surface area contributed by atoms with E-state index in [1.165, 1.54) is 16.2 Å². The van der Waals surface area contributed by atoms with E-state index in [0.717, 1.165) is 12.8 Å². The summed E-state index contributed by atoms with van der Waals surface area (Å²) in [4.78, 5) is 32.6. The fourth-order valence-corrected chi connectivity index (χ4v) is 2.86. The SMILES string of the molecule is CCCCC(N)C(=O)N(C)Cc1nc2ccsc2c(=O)[nH]1. The fraction of sp³-hybridized carbons (Fsp3) is 0.500. The quantitative estimate of drug-likeness (QED) is 0.845. The Labute approximate surface area is 127 Å². The van der Waals surface area contributed by atoms with Crippen molar-refractivity contribution in [1.29, 1.82) is 0 Å². The molecule has 0 fully saturated rings. The van der Waals surface area contributed by atoms with E-state index in [4.69, 9.17) is 5.73 Å². The average molecular weight is 308 g/mol. The lowest BCUT2D eigenvalue weighted by atomic mass is 10.1. The minimum absolute atomic E-state index is 0.128. The molecule has 0 aliphatic carbocycles. The second-order valence-electron chi connectivity index (χ2n) is 5.09. The van der Waals surface area contributed by atoms with Crippen molar-refractivity contribution in [3.8, 4) is 0 Å². The molecule has 1 amide bonds. The van der Waals surface area contributed by atoms with Crippen molar-refractivity contribution in [2.24, 2.45) is 5.73 Å². The van der Waals surface area contributed by atoms with Crippen LogP contribution in [0.4, 0.5) is 0 Å². The molecule has 7 heteroatoms. The number of likely N-dealkylation sites (N-methyl/N-ethyl adjacent to an activating group) is 1. The molecule has 1 atom stereocenters. The Morgan fingerprint density at radius 3 is 3.05 bits per heavy atom. The van der Waals surface area contributed by atoms with Gasteiger partial charge in [-0.05, 0) is 17.9 Å². The highest BCUT2D eigenvalue weighted by atomic mass is 32.1. The van der Waals surface area contributed by atoms with Crippen LogP contribution in [0.25, 0.3) is 10.2 Å². The van der Waals surface area contributed by atoms with Crippen molar-refractivity contribution in [2.75, 3.05) is 7.05 Å². The van der Waals surface area contributed by atoms with Crippen molar-refractivity contribution < 1.29 is 4.79 Å². The zero-order valence-electron chi connectivity index (χ0n) is 12.3. The highest BCUT2D eigenvalue weighted by Crippen LogP contribution is 2.14. The first-order valence-corrected chi connectivity index (χ1v) is 7.87. The van der Waals surface area contributed by atoms with E-state index in [1.807, 2.05) is 5.38 Å². The molecule has 0 aromatic carbocycles. The third-order valence-corrected chi connectivity index (χ3v) is 4.22. The van der Waals surface area contributed by atoms with Crippen LogP contribution in [0, 0.1) is 0 Å². The summed E-state index contributed by atoms with van der Waals surface area (Å²) in [7, 11) is 1.67. The number of carbonyl (C=O) groups is 1. The number of fused-ring (bicyclic) bond motifs is 1. The number of aromatic nitrogens is 2. The second-order valence-corrected chi connectivity index (χ2v) is 6.01. The van der Waals surface area contributed by atoms with Crippen LogP contribution >= 0.6 is 11.3 Å². The van der Waals surface area contributed by atoms with Gasteiger partial charge in [-0.3, -0.25) is 9.59 Å². The first-order chi connectivity index (χ1) is 10.0. The van der Waals surface area contributed by atoms with Gasteiger partial charge >= 0.3 is 0 Å². The molecule has 2 aromatic heterocycles. The third-order valence-electron chi connectivity index (χ3n) is 3.31. The van der Waals surface area contributed by atoms with E-state index >= 15 is 0 Å². The van der Waals surface area contributed by atoms with Crippen LogP contribution in [0.3, 0.4) is 0 Å². The van der Waals surface area contributed by atoms with Gasteiger partial charge in [0.15, 0.2) is 0 Å². The summed E-state index contributed by atoms with van der Waals surface area (Å²) in [6, 6.07) is 1.31. The smallest absolute Gasteiger partial charge is 0.268 e. The Balaban J connectivity index is 2.08. The molecule has 3 N–H and O–H groups in total. The first-order valence-electron chi connectivity index (χ1n) is 7.00. The normalized spacial score (nSPS) is 12.5. The van der Waals surface area contributed by atoms with Crippen molar-refractivity contribution >= 4 is 27.5 Å². The topological polar surface area (TPSA) is 92.1 Å². The van der Waals surface area contributed by atoms with Gasteiger partial charge in [0.05, 0.1) is 18.1 Å². The minimum Gasteiger partial charge on any atom is -0.337 e. The van der Waals surface area contributed by atoms with Gasteiger partial charge in [0.25, 0.3) is 5.56 Å². The van der Waals surface area contributed by atoms with Gasteiger partial charge < -0.3 is 15.6 Å². The molecule has 0 aliphatic heterocycles. The predicted octanol–water partition coefficient (Wildman–Crippen LogP) is 1.46. The van der Waals surface area contributed by atoms with Crippen LogP contribution in [0.5, 0.6) is 0 Å². The number of carbonyl (C=O) groups excluding carboxylic acids is 1. The van der Waals surface area contributed by atoms with Crippen LogP contribution in [0.2, 0.25) is 0 Å². The molecule has 0 bridgehead atoms. The number of unbranched alkanes of at least 4 members (excludes halogenated alkanes) is 1.